The van der Waals surface area contributed by atoms with Crippen LogP contribution in [0.15, 0.2) is 162 Å². The maximum Gasteiger partial charge on any atom is 0.120 e. The minimum Gasteiger partial charge on any atom is -0.501 e. The summed E-state index contributed by atoms with van der Waals surface area (Å²) in [4.78, 5) is 9.63. The Bertz CT molecular complexity index is 2760. The summed E-state index contributed by atoms with van der Waals surface area (Å²) in [6.07, 6.45) is 0.400. The van der Waals surface area contributed by atoms with E-state index in [1.807, 2.05) is 110 Å². The molecule has 0 N–H and O–H groups in total. The van der Waals surface area contributed by atoms with E-state index < -0.39 is 14.4 Å². The van der Waals surface area contributed by atoms with Crippen LogP contribution in [0.3, 0.4) is 0 Å². The van der Waals surface area contributed by atoms with Gasteiger partial charge in [0, 0.05) is 41.0 Å². The Morgan fingerprint density at radius 1 is 0.764 bits per heavy atom. The summed E-state index contributed by atoms with van der Waals surface area (Å²) in [7, 11) is -1.77. The van der Waals surface area contributed by atoms with E-state index in [-0.39, 0.29) is 26.0 Å². The SMILES string of the molecule is [2H]C([2H])(c1cc(-c2[c-]cccc2)ncc1[Si](C)(C)C)C(C)c1ccccc1.[Ir].[c-]1ccc2c(oc3ccccc32)c1-c1nc2ccccc2n1Cc1ccccc1. The van der Waals surface area contributed by atoms with Gasteiger partial charge in [0.15, 0.2) is 0 Å². The molecule has 0 spiro atoms. The van der Waals surface area contributed by atoms with Gasteiger partial charge in [0.25, 0.3) is 0 Å². The third kappa shape index (κ3) is 8.18. The average Bonchev–Trinajstić information content (AvgIpc) is 3.80. The molecular formula is C49H43IrN3OSi-2. The molecule has 3 heterocycles. The van der Waals surface area contributed by atoms with Crippen molar-refractivity contribution in [3.8, 4) is 22.6 Å². The van der Waals surface area contributed by atoms with Gasteiger partial charge in [-0.15, -0.1) is 54.1 Å². The first-order valence-electron chi connectivity index (χ1n) is 19.4. The molecule has 6 heteroatoms. The summed E-state index contributed by atoms with van der Waals surface area (Å²) in [5.41, 5.74) is 9.36. The second-order valence-electron chi connectivity index (χ2n) is 14.6. The van der Waals surface area contributed by atoms with Crippen LogP contribution in [0.5, 0.6) is 0 Å². The van der Waals surface area contributed by atoms with Gasteiger partial charge in [-0.05, 0) is 52.5 Å². The number of nitrogens with zero attached hydrogens (tertiary/aromatic N) is 3. The van der Waals surface area contributed by atoms with Gasteiger partial charge in [-0.25, -0.2) is 0 Å². The number of para-hydroxylation sites is 3. The van der Waals surface area contributed by atoms with Crippen LogP contribution in [0.4, 0.5) is 0 Å². The molecule has 1 radical (unpaired) electrons. The third-order valence-corrected chi connectivity index (χ3v) is 11.8. The summed E-state index contributed by atoms with van der Waals surface area (Å²) >= 11 is 0. The molecule has 0 saturated heterocycles. The zero-order chi connectivity index (χ0) is 38.9. The first-order valence-corrected chi connectivity index (χ1v) is 21.9. The van der Waals surface area contributed by atoms with Gasteiger partial charge in [0.1, 0.15) is 5.58 Å². The van der Waals surface area contributed by atoms with Crippen molar-refractivity contribution in [2.45, 2.75) is 45.4 Å². The maximum atomic E-state index is 9.04. The molecule has 0 aliphatic rings. The molecule has 0 aliphatic heterocycles. The van der Waals surface area contributed by atoms with E-state index >= 15 is 0 Å². The molecule has 0 amide bonds. The van der Waals surface area contributed by atoms with Crippen molar-refractivity contribution >= 4 is 46.2 Å². The molecule has 0 fully saturated rings. The first kappa shape index (κ1) is 35.3. The van der Waals surface area contributed by atoms with Gasteiger partial charge >= 0.3 is 0 Å². The molecule has 6 aromatic carbocycles. The fraction of sp³-hybridized carbons (Fsp3) is 0.143. The molecule has 275 valence electrons. The summed E-state index contributed by atoms with van der Waals surface area (Å²) in [6, 6.07) is 57.1. The first-order chi connectivity index (χ1) is 27.1. The van der Waals surface area contributed by atoms with Gasteiger partial charge in [-0.3, -0.25) is 4.98 Å². The fourth-order valence-electron chi connectivity index (χ4n) is 6.98. The number of rotatable bonds is 8. The van der Waals surface area contributed by atoms with Gasteiger partial charge in [0.2, 0.25) is 0 Å². The predicted molar refractivity (Wildman–Crippen MR) is 227 cm³/mol. The van der Waals surface area contributed by atoms with Crippen molar-refractivity contribution in [2.24, 2.45) is 0 Å². The van der Waals surface area contributed by atoms with E-state index in [0.29, 0.717) is 0 Å². The Morgan fingerprint density at radius 2 is 1.47 bits per heavy atom. The third-order valence-electron chi connectivity index (χ3n) is 9.77. The monoisotopic (exact) mass is 912 g/mol. The largest absolute Gasteiger partial charge is 0.501 e. The van der Waals surface area contributed by atoms with Crippen LogP contribution >= 0.6 is 0 Å². The smallest absolute Gasteiger partial charge is 0.120 e. The van der Waals surface area contributed by atoms with E-state index in [2.05, 4.69) is 95.9 Å². The normalized spacial score (nSPS) is 12.7. The second-order valence-corrected chi connectivity index (χ2v) is 19.6. The number of pyridine rings is 1. The van der Waals surface area contributed by atoms with Crippen LogP contribution in [0.25, 0.3) is 55.6 Å². The van der Waals surface area contributed by atoms with Gasteiger partial charge < -0.3 is 14.0 Å². The Morgan fingerprint density at radius 3 is 2.24 bits per heavy atom. The molecule has 0 saturated carbocycles. The zero-order valence-electron chi connectivity index (χ0n) is 33.4. The topological polar surface area (TPSA) is 43.9 Å². The molecule has 4 nitrogen and oxygen atoms in total. The number of imidazole rings is 1. The summed E-state index contributed by atoms with van der Waals surface area (Å²) in [5.74, 6) is 0.614. The zero-order valence-corrected chi connectivity index (χ0v) is 34.8. The summed E-state index contributed by atoms with van der Waals surface area (Å²) < 4.78 is 26.6. The Hall–Kier alpha value is -5.39. The number of hydrogen-bond acceptors (Lipinski definition) is 3. The molecular weight excluding hydrogens is 867 g/mol. The van der Waals surface area contributed by atoms with Crippen LogP contribution in [-0.2, 0) is 33.0 Å². The quantitative estimate of drug-likeness (QED) is 0.113. The van der Waals surface area contributed by atoms with Crippen molar-refractivity contribution in [1.29, 1.82) is 0 Å². The predicted octanol–water partition coefficient (Wildman–Crippen LogP) is 11.9. The fourth-order valence-corrected chi connectivity index (χ4v) is 8.38. The van der Waals surface area contributed by atoms with E-state index in [1.165, 1.54) is 5.56 Å². The molecule has 55 heavy (non-hydrogen) atoms. The average molecular weight is 912 g/mol. The standard InChI is InChI=1S/C26H17N2O.C23H26NSi.Ir/c1-2-9-18(10-3-1)17-28-23-15-6-5-14-22(23)27-26(28)21-13-8-12-20-19-11-4-7-16-24(19)29-25(20)21;1-18(19-11-7-5-8-12-19)15-21-16-22(20-13-9-6-10-14-20)24-17-23(21)25(2,3)4;/h1-12,14-16H,17H2;5-13,16-18H,15H2,1-4H3;/q2*-1;/i;15D2;. The Balaban J connectivity index is 0.000000172. The number of aromatic nitrogens is 3. The van der Waals surface area contributed by atoms with E-state index in [9.17, 15) is 0 Å². The van der Waals surface area contributed by atoms with Crippen LogP contribution < -0.4 is 5.19 Å². The van der Waals surface area contributed by atoms with Crippen molar-refractivity contribution in [3.05, 3.63) is 187 Å². The van der Waals surface area contributed by atoms with E-state index in [0.717, 1.165) is 78.5 Å². The Labute approximate surface area is 341 Å². The van der Waals surface area contributed by atoms with Gasteiger partial charge in [0.05, 0.1) is 30.5 Å². The molecule has 9 rings (SSSR count). The second kappa shape index (κ2) is 16.5. The summed E-state index contributed by atoms with van der Waals surface area (Å²) in [6.45, 7) is 9.43. The van der Waals surface area contributed by atoms with Crippen LogP contribution in [0, 0.1) is 12.1 Å². The number of furan rings is 1. The Kier molecular flexibility index (Phi) is 10.6. The minimum atomic E-state index is -1.77. The minimum absolute atomic E-state index is 0. The molecule has 0 aliphatic carbocycles. The molecule has 0 bridgehead atoms. The van der Waals surface area contributed by atoms with Gasteiger partial charge in [-0.2, -0.15) is 0 Å². The van der Waals surface area contributed by atoms with Crippen molar-refractivity contribution in [3.63, 3.8) is 0 Å². The molecule has 3 aromatic heterocycles. The summed E-state index contributed by atoms with van der Waals surface area (Å²) in [5, 5.41) is 3.28. The van der Waals surface area contributed by atoms with Crippen LogP contribution in [0.1, 0.15) is 32.3 Å². The van der Waals surface area contributed by atoms with Crippen LogP contribution in [0.2, 0.25) is 19.6 Å². The number of fused-ring (bicyclic) bond motifs is 4. The maximum absolute atomic E-state index is 9.04. The molecule has 1 atom stereocenters. The van der Waals surface area contributed by atoms with Gasteiger partial charge in [-0.1, -0.05) is 140 Å². The van der Waals surface area contributed by atoms with Crippen LogP contribution in [-0.4, -0.2) is 22.6 Å². The van der Waals surface area contributed by atoms with E-state index in [1.54, 1.807) is 0 Å². The number of hydrogen-bond donors (Lipinski definition) is 0. The molecule has 1 unspecified atom stereocenters. The van der Waals surface area contributed by atoms with E-state index in [4.69, 9.17) is 12.1 Å². The van der Waals surface area contributed by atoms with Crippen molar-refractivity contribution in [2.75, 3.05) is 0 Å². The van der Waals surface area contributed by atoms with Crippen molar-refractivity contribution < 1.29 is 27.3 Å². The molecule has 9 aromatic rings. The number of benzene rings is 6. The van der Waals surface area contributed by atoms with Crippen molar-refractivity contribution in [1.82, 2.24) is 14.5 Å².